The number of likely N-dealkylation sites (tertiary alicyclic amines) is 1. The second-order valence-corrected chi connectivity index (χ2v) is 5.58. The van der Waals surface area contributed by atoms with Gasteiger partial charge in [-0.3, -0.25) is 4.79 Å². The van der Waals surface area contributed by atoms with Gasteiger partial charge in [0.1, 0.15) is 5.75 Å². The van der Waals surface area contributed by atoms with E-state index in [1.807, 2.05) is 4.90 Å². The van der Waals surface area contributed by atoms with Crippen LogP contribution in [0.25, 0.3) is 0 Å². The average molecular weight is 297 g/mol. The second-order valence-electron chi connectivity index (χ2n) is 5.14. The predicted molar refractivity (Wildman–Crippen MR) is 79.9 cm³/mol. The summed E-state index contributed by atoms with van der Waals surface area (Å²) in [7, 11) is 0. The lowest BCUT2D eigenvalue weighted by Crippen LogP contribution is -2.37. The molecular weight excluding hydrogens is 276 g/mol. The molecule has 0 unspecified atom stereocenters. The Balaban J connectivity index is 1.70. The Bertz CT molecular complexity index is 459. The molecule has 0 atom stereocenters. The van der Waals surface area contributed by atoms with Gasteiger partial charge in [0.2, 0.25) is 5.91 Å². The van der Waals surface area contributed by atoms with Gasteiger partial charge in [-0.25, -0.2) is 0 Å². The number of carbonyl (C=O) groups excluding carboxylic acids is 1. The van der Waals surface area contributed by atoms with E-state index in [0.717, 1.165) is 31.5 Å². The number of phenols is 1. The second kappa shape index (κ2) is 7.50. The molecule has 0 aliphatic carbocycles. The summed E-state index contributed by atoms with van der Waals surface area (Å²) < 4.78 is 0. The topological polar surface area (TPSA) is 52.6 Å². The van der Waals surface area contributed by atoms with Gasteiger partial charge in [-0.05, 0) is 37.5 Å². The van der Waals surface area contributed by atoms with Gasteiger partial charge in [0.25, 0.3) is 0 Å². The maximum atomic E-state index is 11.9. The number of benzene rings is 1. The van der Waals surface area contributed by atoms with E-state index in [1.165, 1.54) is 6.42 Å². The van der Waals surface area contributed by atoms with Crippen LogP contribution in [-0.2, 0) is 11.3 Å². The van der Waals surface area contributed by atoms with Crippen molar-refractivity contribution in [1.29, 1.82) is 0 Å². The van der Waals surface area contributed by atoms with Crippen LogP contribution >= 0.6 is 11.6 Å². The van der Waals surface area contributed by atoms with Crippen LogP contribution in [0.3, 0.4) is 0 Å². The van der Waals surface area contributed by atoms with Crippen LogP contribution in [-0.4, -0.2) is 35.5 Å². The minimum absolute atomic E-state index is 0.215. The Hall–Kier alpha value is -1.26. The molecule has 0 radical (unpaired) electrons. The third kappa shape index (κ3) is 4.39. The first-order valence-corrected chi connectivity index (χ1v) is 7.50. The maximum absolute atomic E-state index is 11.9. The minimum Gasteiger partial charge on any atom is -0.508 e. The molecule has 1 aliphatic heterocycles. The number of nitrogens with zero attached hydrogens (tertiary/aromatic N) is 1. The van der Waals surface area contributed by atoms with E-state index in [4.69, 9.17) is 11.6 Å². The highest BCUT2D eigenvalue weighted by Gasteiger charge is 2.15. The fourth-order valence-electron chi connectivity index (χ4n) is 2.42. The molecule has 0 aromatic heterocycles. The number of hydrogen-bond donors (Lipinski definition) is 2. The molecule has 1 aromatic rings. The van der Waals surface area contributed by atoms with Crippen LogP contribution in [0.5, 0.6) is 5.75 Å². The Morgan fingerprint density at radius 3 is 2.80 bits per heavy atom. The van der Waals surface area contributed by atoms with Crippen LogP contribution in [0.4, 0.5) is 0 Å². The van der Waals surface area contributed by atoms with E-state index < -0.39 is 0 Å². The molecule has 2 N–H and O–H groups in total. The van der Waals surface area contributed by atoms with Gasteiger partial charge in [-0.2, -0.15) is 0 Å². The van der Waals surface area contributed by atoms with E-state index in [1.54, 1.807) is 18.2 Å². The molecule has 0 saturated carbocycles. The summed E-state index contributed by atoms with van der Waals surface area (Å²) in [5.41, 5.74) is 0.753. The first kappa shape index (κ1) is 15.1. The number of nitrogens with one attached hydrogen (secondary N) is 1. The first-order chi connectivity index (χ1) is 9.66. The summed E-state index contributed by atoms with van der Waals surface area (Å²) in [6, 6.07) is 4.97. The Morgan fingerprint density at radius 1 is 1.30 bits per heavy atom. The molecule has 1 aliphatic rings. The zero-order chi connectivity index (χ0) is 14.4. The van der Waals surface area contributed by atoms with Crippen molar-refractivity contribution >= 4 is 17.5 Å². The number of rotatable bonds is 5. The summed E-state index contributed by atoms with van der Waals surface area (Å²) >= 11 is 5.88. The van der Waals surface area contributed by atoms with E-state index in [9.17, 15) is 9.90 Å². The third-order valence-corrected chi connectivity index (χ3v) is 3.82. The predicted octanol–water partition coefficient (Wildman–Crippen LogP) is 2.54. The highest BCUT2D eigenvalue weighted by Crippen LogP contribution is 2.21. The molecule has 1 amide bonds. The SMILES string of the molecule is O=C(CCNCc1cc(Cl)ccc1O)N1CCCCC1. The normalized spacial score (nSPS) is 15.3. The van der Waals surface area contributed by atoms with Gasteiger partial charge in [-0.1, -0.05) is 11.6 Å². The van der Waals surface area contributed by atoms with Crippen LogP contribution in [0.1, 0.15) is 31.2 Å². The fourth-order valence-corrected chi connectivity index (χ4v) is 2.61. The molecule has 1 saturated heterocycles. The summed E-state index contributed by atoms with van der Waals surface area (Å²) in [4.78, 5) is 13.9. The van der Waals surface area contributed by atoms with Gasteiger partial charge < -0.3 is 15.3 Å². The van der Waals surface area contributed by atoms with E-state index in [-0.39, 0.29) is 11.7 Å². The Labute approximate surface area is 124 Å². The summed E-state index contributed by atoms with van der Waals surface area (Å²) in [5.74, 6) is 0.441. The Kier molecular flexibility index (Phi) is 5.68. The van der Waals surface area contributed by atoms with Crippen molar-refractivity contribution in [2.45, 2.75) is 32.2 Å². The van der Waals surface area contributed by atoms with Gasteiger partial charge in [0.15, 0.2) is 0 Å². The molecule has 0 spiro atoms. The lowest BCUT2D eigenvalue weighted by atomic mass is 10.1. The Morgan fingerprint density at radius 2 is 2.05 bits per heavy atom. The van der Waals surface area contributed by atoms with Gasteiger partial charge in [0, 0.05) is 43.2 Å². The van der Waals surface area contributed by atoms with Crippen molar-refractivity contribution in [3.63, 3.8) is 0 Å². The first-order valence-electron chi connectivity index (χ1n) is 7.13. The molecule has 1 aromatic carbocycles. The van der Waals surface area contributed by atoms with Gasteiger partial charge >= 0.3 is 0 Å². The van der Waals surface area contributed by atoms with E-state index >= 15 is 0 Å². The van der Waals surface area contributed by atoms with Crippen molar-refractivity contribution in [2.24, 2.45) is 0 Å². The zero-order valence-corrected chi connectivity index (χ0v) is 12.3. The highest BCUT2D eigenvalue weighted by atomic mass is 35.5. The average Bonchev–Trinajstić information content (AvgIpc) is 2.47. The molecule has 110 valence electrons. The van der Waals surface area contributed by atoms with Crippen LogP contribution in [0, 0.1) is 0 Å². The number of halogens is 1. The maximum Gasteiger partial charge on any atom is 0.223 e. The van der Waals surface area contributed by atoms with E-state index in [0.29, 0.717) is 24.5 Å². The molecule has 1 heterocycles. The van der Waals surface area contributed by atoms with Crippen LogP contribution in [0.2, 0.25) is 5.02 Å². The van der Waals surface area contributed by atoms with Crippen molar-refractivity contribution < 1.29 is 9.90 Å². The van der Waals surface area contributed by atoms with E-state index in [2.05, 4.69) is 5.32 Å². The number of piperidine rings is 1. The molecule has 1 fully saturated rings. The van der Waals surface area contributed by atoms with Gasteiger partial charge in [0.05, 0.1) is 0 Å². The van der Waals surface area contributed by atoms with Crippen molar-refractivity contribution in [3.05, 3.63) is 28.8 Å². The van der Waals surface area contributed by atoms with Crippen LogP contribution < -0.4 is 5.32 Å². The summed E-state index contributed by atoms with van der Waals surface area (Å²) in [5, 5.41) is 13.4. The van der Waals surface area contributed by atoms with Gasteiger partial charge in [-0.15, -0.1) is 0 Å². The highest BCUT2D eigenvalue weighted by molar-refractivity contribution is 6.30. The molecule has 4 nitrogen and oxygen atoms in total. The third-order valence-electron chi connectivity index (χ3n) is 3.58. The summed E-state index contributed by atoms with van der Waals surface area (Å²) in [6.07, 6.45) is 3.97. The molecular formula is C15H21ClN2O2. The number of amides is 1. The molecule has 2 rings (SSSR count). The van der Waals surface area contributed by atoms with Crippen LogP contribution in [0.15, 0.2) is 18.2 Å². The fraction of sp³-hybridized carbons (Fsp3) is 0.533. The molecule has 0 bridgehead atoms. The zero-order valence-electron chi connectivity index (χ0n) is 11.6. The number of carbonyl (C=O) groups is 1. The van der Waals surface area contributed by atoms with Crippen molar-refractivity contribution in [1.82, 2.24) is 10.2 Å². The number of hydrogen-bond acceptors (Lipinski definition) is 3. The summed E-state index contributed by atoms with van der Waals surface area (Å²) in [6.45, 7) is 2.92. The lowest BCUT2D eigenvalue weighted by molar-refractivity contribution is -0.131. The number of phenolic OH excluding ortho intramolecular Hbond substituents is 1. The largest absolute Gasteiger partial charge is 0.508 e. The quantitative estimate of drug-likeness (QED) is 0.821. The molecule has 20 heavy (non-hydrogen) atoms. The van der Waals surface area contributed by atoms with Crippen molar-refractivity contribution in [2.75, 3.05) is 19.6 Å². The smallest absolute Gasteiger partial charge is 0.223 e. The monoisotopic (exact) mass is 296 g/mol. The number of aromatic hydroxyl groups is 1. The molecule has 5 heteroatoms. The van der Waals surface area contributed by atoms with Crippen molar-refractivity contribution in [3.8, 4) is 5.75 Å². The minimum atomic E-state index is 0.215. The standard InChI is InChI=1S/C15H21ClN2O2/c16-13-4-5-14(19)12(10-13)11-17-7-6-15(20)18-8-2-1-3-9-18/h4-5,10,17,19H,1-3,6-9,11H2. The lowest BCUT2D eigenvalue weighted by Gasteiger charge is -2.26.